The number of carbonyl (C=O) groups is 1. The topological polar surface area (TPSA) is 64.4 Å². The first kappa shape index (κ1) is 21.9. The number of nitrogens with zero attached hydrogens (tertiary/aromatic N) is 1. The molecule has 0 aliphatic carbocycles. The number of benzene rings is 3. The quantitative estimate of drug-likeness (QED) is 0.348. The zero-order chi connectivity index (χ0) is 22.8. The summed E-state index contributed by atoms with van der Waals surface area (Å²) < 4.78 is 11.7. The fourth-order valence-electron chi connectivity index (χ4n) is 3.50. The molecule has 5 nitrogen and oxygen atoms in total. The van der Waals surface area contributed by atoms with E-state index in [9.17, 15) is 4.79 Å². The minimum absolute atomic E-state index is 0.0940. The fraction of sp³-hybridized carbons (Fsp3) is 0.231. The van der Waals surface area contributed by atoms with Gasteiger partial charge in [-0.15, -0.1) is 0 Å². The molecule has 0 spiro atoms. The lowest BCUT2D eigenvalue weighted by Gasteiger charge is -2.15. The second-order valence-electron chi connectivity index (χ2n) is 8.22. The van der Waals surface area contributed by atoms with E-state index in [2.05, 4.69) is 24.1 Å². The van der Waals surface area contributed by atoms with Crippen LogP contribution >= 0.6 is 11.6 Å². The third-order valence-electron chi connectivity index (χ3n) is 5.17. The van der Waals surface area contributed by atoms with E-state index < -0.39 is 0 Å². The summed E-state index contributed by atoms with van der Waals surface area (Å²) in [5, 5.41) is 3.35. The van der Waals surface area contributed by atoms with Gasteiger partial charge in [0, 0.05) is 5.69 Å². The SMILES string of the molecule is Cc1ccc(C(C)C)c(OCC(=O)Nc2ccc(Cl)c(-c3nc4ccc(C)cc4o3)c2)c1. The lowest BCUT2D eigenvalue weighted by Crippen LogP contribution is -2.20. The standard InChI is InChI=1S/C26H25ClN2O3/c1-15(2)19-8-5-16(3)11-23(19)31-14-25(30)28-18-7-9-21(27)20(13-18)26-29-22-10-6-17(4)12-24(22)32-26/h5-13,15H,14H2,1-4H3,(H,28,30). The molecule has 0 atom stereocenters. The second kappa shape index (κ2) is 9.05. The van der Waals surface area contributed by atoms with E-state index in [-0.39, 0.29) is 12.5 Å². The van der Waals surface area contributed by atoms with Crippen molar-refractivity contribution in [3.8, 4) is 17.2 Å². The number of halogens is 1. The van der Waals surface area contributed by atoms with Crippen molar-refractivity contribution in [1.82, 2.24) is 4.98 Å². The monoisotopic (exact) mass is 448 g/mol. The molecule has 32 heavy (non-hydrogen) atoms. The molecule has 1 N–H and O–H groups in total. The number of oxazole rings is 1. The molecule has 0 unspecified atom stereocenters. The smallest absolute Gasteiger partial charge is 0.262 e. The Balaban J connectivity index is 1.50. The Kier molecular flexibility index (Phi) is 6.19. The summed E-state index contributed by atoms with van der Waals surface area (Å²) in [4.78, 5) is 17.1. The van der Waals surface area contributed by atoms with Crippen molar-refractivity contribution in [2.75, 3.05) is 11.9 Å². The molecule has 164 valence electrons. The minimum atomic E-state index is -0.261. The first-order chi connectivity index (χ1) is 15.3. The number of nitrogens with one attached hydrogen (secondary N) is 1. The lowest BCUT2D eigenvalue weighted by atomic mass is 10.0. The molecule has 6 heteroatoms. The molecule has 4 rings (SSSR count). The highest BCUT2D eigenvalue weighted by Gasteiger charge is 2.15. The molecule has 1 aromatic heterocycles. The van der Waals surface area contributed by atoms with E-state index in [4.69, 9.17) is 20.8 Å². The van der Waals surface area contributed by atoms with E-state index in [0.717, 1.165) is 28.0 Å². The van der Waals surface area contributed by atoms with Gasteiger partial charge in [0.15, 0.2) is 12.2 Å². The van der Waals surface area contributed by atoms with E-state index >= 15 is 0 Å². The van der Waals surface area contributed by atoms with Gasteiger partial charge in [0.1, 0.15) is 11.3 Å². The van der Waals surface area contributed by atoms with Gasteiger partial charge in [-0.3, -0.25) is 4.79 Å². The Hall–Kier alpha value is -3.31. The maximum atomic E-state index is 12.6. The first-order valence-corrected chi connectivity index (χ1v) is 10.9. The van der Waals surface area contributed by atoms with Gasteiger partial charge in [0.25, 0.3) is 5.91 Å². The number of anilines is 1. The minimum Gasteiger partial charge on any atom is -0.483 e. The van der Waals surface area contributed by atoms with Gasteiger partial charge >= 0.3 is 0 Å². The fourth-order valence-corrected chi connectivity index (χ4v) is 3.70. The predicted molar refractivity (Wildman–Crippen MR) is 129 cm³/mol. The molecular weight excluding hydrogens is 424 g/mol. The van der Waals surface area contributed by atoms with Crippen LogP contribution in [0.3, 0.4) is 0 Å². The Bertz CT molecular complexity index is 1290. The van der Waals surface area contributed by atoms with Crippen molar-refractivity contribution in [2.24, 2.45) is 0 Å². The predicted octanol–water partition coefficient (Wildman–Crippen LogP) is 6.91. The first-order valence-electron chi connectivity index (χ1n) is 10.5. The van der Waals surface area contributed by atoms with Crippen molar-refractivity contribution in [2.45, 2.75) is 33.6 Å². The third-order valence-corrected chi connectivity index (χ3v) is 5.50. The average Bonchev–Trinajstić information content (AvgIpc) is 3.16. The van der Waals surface area contributed by atoms with Gasteiger partial charge in [0.05, 0.1) is 10.6 Å². The van der Waals surface area contributed by atoms with Crippen LogP contribution < -0.4 is 10.1 Å². The summed E-state index contributed by atoms with van der Waals surface area (Å²) in [5.74, 6) is 1.17. The van der Waals surface area contributed by atoms with Crippen LogP contribution in [-0.2, 0) is 4.79 Å². The van der Waals surface area contributed by atoms with Crippen molar-refractivity contribution in [3.05, 3.63) is 76.3 Å². The number of fused-ring (bicyclic) bond motifs is 1. The van der Waals surface area contributed by atoms with Gasteiger partial charge in [-0.25, -0.2) is 4.98 Å². The van der Waals surface area contributed by atoms with Crippen molar-refractivity contribution < 1.29 is 13.9 Å². The van der Waals surface area contributed by atoms with Crippen LogP contribution in [0.5, 0.6) is 5.75 Å². The number of hydrogen-bond donors (Lipinski definition) is 1. The van der Waals surface area contributed by atoms with Gasteiger partial charge < -0.3 is 14.5 Å². The van der Waals surface area contributed by atoms with Crippen LogP contribution in [0.2, 0.25) is 5.02 Å². The van der Waals surface area contributed by atoms with Crippen molar-refractivity contribution >= 4 is 34.3 Å². The third kappa shape index (κ3) is 4.78. The van der Waals surface area contributed by atoms with Gasteiger partial charge in [0.2, 0.25) is 5.89 Å². The number of rotatable bonds is 6. The molecular formula is C26H25ClN2O3. The molecule has 1 heterocycles. The summed E-state index contributed by atoms with van der Waals surface area (Å²) in [6, 6.07) is 17.1. The van der Waals surface area contributed by atoms with Crippen LogP contribution in [0.15, 0.2) is 59.0 Å². The molecule has 0 aliphatic heterocycles. The number of aromatic nitrogens is 1. The number of amides is 1. The number of hydrogen-bond acceptors (Lipinski definition) is 4. The van der Waals surface area contributed by atoms with Gasteiger partial charge in [-0.2, -0.15) is 0 Å². The maximum absolute atomic E-state index is 12.6. The number of ether oxygens (including phenoxy) is 1. The Morgan fingerprint density at radius 1 is 1.06 bits per heavy atom. The maximum Gasteiger partial charge on any atom is 0.262 e. The van der Waals surface area contributed by atoms with Crippen molar-refractivity contribution in [3.63, 3.8) is 0 Å². The highest BCUT2D eigenvalue weighted by atomic mass is 35.5. The molecule has 0 aliphatic rings. The molecule has 3 aromatic carbocycles. The molecule has 1 amide bonds. The lowest BCUT2D eigenvalue weighted by molar-refractivity contribution is -0.118. The summed E-state index contributed by atoms with van der Waals surface area (Å²) in [5.41, 5.74) is 5.89. The zero-order valence-electron chi connectivity index (χ0n) is 18.5. The Labute approximate surface area is 192 Å². The summed E-state index contributed by atoms with van der Waals surface area (Å²) in [6.07, 6.45) is 0. The molecule has 0 fully saturated rings. The zero-order valence-corrected chi connectivity index (χ0v) is 19.3. The van der Waals surface area contributed by atoms with E-state index in [1.54, 1.807) is 18.2 Å². The molecule has 0 saturated carbocycles. The van der Waals surface area contributed by atoms with Crippen LogP contribution in [0.1, 0.15) is 36.5 Å². The van der Waals surface area contributed by atoms with Crippen LogP contribution in [0.25, 0.3) is 22.6 Å². The largest absolute Gasteiger partial charge is 0.483 e. The highest BCUT2D eigenvalue weighted by molar-refractivity contribution is 6.33. The average molecular weight is 449 g/mol. The second-order valence-corrected chi connectivity index (χ2v) is 8.62. The highest BCUT2D eigenvalue weighted by Crippen LogP contribution is 2.33. The normalized spacial score (nSPS) is 11.2. The van der Waals surface area contributed by atoms with Crippen LogP contribution in [0.4, 0.5) is 5.69 Å². The van der Waals surface area contributed by atoms with Gasteiger partial charge in [-0.05, 0) is 72.9 Å². The summed E-state index contributed by atoms with van der Waals surface area (Å²) in [7, 11) is 0. The molecule has 0 saturated heterocycles. The molecule has 4 aromatic rings. The van der Waals surface area contributed by atoms with Gasteiger partial charge in [-0.1, -0.05) is 43.6 Å². The molecule has 0 radical (unpaired) electrons. The van der Waals surface area contributed by atoms with E-state index in [0.29, 0.717) is 33.7 Å². The van der Waals surface area contributed by atoms with Crippen molar-refractivity contribution in [1.29, 1.82) is 0 Å². The van der Waals surface area contributed by atoms with E-state index in [1.807, 2.05) is 50.2 Å². The van der Waals surface area contributed by atoms with Crippen LogP contribution in [-0.4, -0.2) is 17.5 Å². The summed E-state index contributed by atoms with van der Waals surface area (Å²) in [6.45, 7) is 8.09. The molecule has 0 bridgehead atoms. The Morgan fingerprint density at radius 3 is 2.59 bits per heavy atom. The van der Waals surface area contributed by atoms with E-state index in [1.165, 1.54) is 0 Å². The Morgan fingerprint density at radius 2 is 1.81 bits per heavy atom. The van der Waals surface area contributed by atoms with Crippen LogP contribution in [0, 0.1) is 13.8 Å². The summed E-state index contributed by atoms with van der Waals surface area (Å²) >= 11 is 6.39. The number of aryl methyl sites for hydroxylation is 2. The number of carbonyl (C=O) groups excluding carboxylic acids is 1.